The first-order valence-corrected chi connectivity index (χ1v) is 5.92. The molecule has 0 aromatic carbocycles. The zero-order valence-corrected chi connectivity index (χ0v) is 10.7. The van der Waals surface area contributed by atoms with Crippen molar-refractivity contribution in [1.29, 1.82) is 0 Å². The summed E-state index contributed by atoms with van der Waals surface area (Å²) < 4.78 is 10.3. The van der Waals surface area contributed by atoms with E-state index >= 15 is 0 Å². The minimum Gasteiger partial charge on any atom is -0.465 e. The van der Waals surface area contributed by atoms with Crippen LogP contribution in [0.2, 0.25) is 0 Å². The van der Waals surface area contributed by atoms with Gasteiger partial charge >= 0.3 is 5.97 Å². The highest BCUT2D eigenvalue weighted by Gasteiger charge is 2.57. The summed E-state index contributed by atoms with van der Waals surface area (Å²) in [5.41, 5.74) is -0.834. The molecule has 0 amide bonds. The highest BCUT2D eigenvalue weighted by molar-refractivity contribution is 5.85. The fourth-order valence-corrected chi connectivity index (χ4v) is 1.62. The molecule has 0 radical (unpaired) electrons. The number of ether oxygens (including phenoxy) is 1. The summed E-state index contributed by atoms with van der Waals surface area (Å²) in [6.45, 7) is 8.19. The first kappa shape index (κ1) is 12.1. The molecule has 1 aromatic heterocycles. The molecular weight excluding hydrogens is 220 g/mol. The molecule has 1 fully saturated rings. The molecule has 0 bridgehead atoms. The number of aromatic nitrogens is 2. The van der Waals surface area contributed by atoms with Crippen LogP contribution in [0.15, 0.2) is 4.52 Å². The van der Waals surface area contributed by atoms with E-state index in [1.54, 1.807) is 6.92 Å². The number of hydrogen-bond donors (Lipinski definition) is 0. The lowest BCUT2D eigenvalue weighted by molar-refractivity contribution is -0.146. The molecule has 1 aliphatic rings. The Morgan fingerprint density at radius 3 is 2.53 bits per heavy atom. The van der Waals surface area contributed by atoms with E-state index in [4.69, 9.17) is 9.26 Å². The number of carbonyl (C=O) groups excluding carboxylic acids is 1. The van der Waals surface area contributed by atoms with Crippen molar-refractivity contribution < 1.29 is 14.1 Å². The van der Waals surface area contributed by atoms with Crippen LogP contribution in [-0.2, 0) is 20.4 Å². The Balaban J connectivity index is 2.23. The van der Waals surface area contributed by atoms with Crippen molar-refractivity contribution in [2.45, 2.75) is 51.4 Å². The van der Waals surface area contributed by atoms with Gasteiger partial charge in [-0.15, -0.1) is 0 Å². The molecule has 1 saturated carbocycles. The van der Waals surface area contributed by atoms with Gasteiger partial charge in [-0.05, 0) is 19.8 Å². The second-order valence-corrected chi connectivity index (χ2v) is 5.48. The van der Waals surface area contributed by atoms with Gasteiger partial charge in [0.1, 0.15) is 5.41 Å². The maximum atomic E-state index is 11.8. The van der Waals surface area contributed by atoms with E-state index < -0.39 is 5.41 Å². The van der Waals surface area contributed by atoms with Crippen LogP contribution in [0.4, 0.5) is 0 Å². The lowest BCUT2D eigenvalue weighted by Crippen LogP contribution is -2.24. The maximum Gasteiger partial charge on any atom is 0.321 e. The Kier molecular flexibility index (Phi) is 2.72. The predicted molar refractivity (Wildman–Crippen MR) is 60.5 cm³/mol. The van der Waals surface area contributed by atoms with Gasteiger partial charge in [0.15, 0.2) is 5.82 Å². The average molecular weight is 238 g/mol. The van der Waals surface area contributed by atoms with Gasteiger partial charge in [-0.2, -0.15) is 4.98 Å². The lowest BCUT2D eigenvalue weighted by atomic mass is 9.96. The molecule has 0 unspecified atom stereocenters. The standard InChI is InChI=1S/C12H18N2O3/c1-5-16-10(15)12(6-7-12)9-13-8(14-17-9)11(2,3)4/h5-7H2,1-4H3. The van der Waals surface area contributed by atoms with Crippen LogP contribution in [0.1, 0.15) is 52.3 Å². The number of hydrogen-bond acceptors (Lipinski definition) is 5. The summed E-state index contributed by atoms with van der Waals surface area (Å²) in [6, 6.07) is 0. The molecule has 0 atom stereocenters. The van der Waals surface area contributed by atoms with E-state index in [0.29, 0.717) is 18.3 Å². The van der Waals surface area contributed by atoms with Gasteiger partial charge in [0.25, 0.3) is 0 Å². The van der Waals surface area contributed by atoms with E-state index in [9.17, 15) is 4.79 Å². The molecule has 1 aliphatic carbocycles. The molecule has 5 heteroatoms. The number of esters is 1. The summed E-state index contributed by atoms with van der Waals surface area (Å²) in [5, 5.41) is 3.94. The largest absolute Gasteiger partial charge is 0.465 e. The van der Waals surface area contributed by atoms with Gasteiger partial charge in [-0.3, -0.25) is 4.79 Å². The SMILES string of the molecule is CCOC(=O)C1(c2nc(C(C)(C)C)no2)CC1. The zero-order chi connectivity index (χ0) is 12.7. The Bertz CT molecular complexity index is 427. The topological polar surface area (TPSA) is 65.2 Å². The maximum absolute atomic E-state index is 11.8. The van der Waals surface area contributed by atoms with Crippen LogP contribution in [0.25, 0.3) is 0 Å². The molecule has 0 N–H and O–H groups in total. The molecule has 94 valence electrons. The smallest absolute Gasteiger partial charge is 0.321 e. The summed E-state index contributed by atoms with van der Waals surface area (Å²) >= 11 is 0. The Hall–Kier alpha value is -1.39. The minimum atomic E-state index is -0.660. The van der Waals surface area contributed by atoms with Crippen molar-refractivity contribution >= 4 is 5.97 Å². The highest BCUT2D eigenvalue weighted by atomic mass is 16.5. The molecule has 17 heavy (non-hydrogen) atoms. The first-order valence-electron chi connectivity index (χ1n) is 5.92. The third-order valence-corrected chi connectivity index (χ3v) is 2.92. The number of carbonyl (C=O) groups is 1. The summed E-state index contributed by atoms with van der Waals surface area (Å²) in [7, 11) is 0. The molecule has 1 heterocycles. The second-order valence-electron chi connectivity index (χ2n) is 5.48. The Labute approximate surface area is 101 Å². The molecule has 2 rings (SSSR count). The van der Waals surface area contributed by atoms with Crippen LogP contribution < -0.4 is 0 Å². The van der Waals surface area contributed by atoms with Crippen molar-refractivity contribution in [3.05, 3.63) is 11.7 Å². The molecule has 5 nitrogen and oxygen atoms in total. The van der Waals surface area contributed by atoms with Crippen LogP contribution >= 0.6 is 0 Å². The Morgan fingerprint density at radius 2 is 2.12 bits per heavy atom. The fourth-order valence-electron chi connectivity index (χ4n) is 1.62. The van der Waals surface area contributed by atoms with Crippen LogP contribution in [0.3, 0.4) is 0 Å². The van der Waals surface area contributed by atoms with Gasteiger partial charge in [0.05, 0.1) is 6.61 Å². The van der Waals surface area contributed by atoms with Gasteiger partial charge in [0.2, 0.25) is 5.89 Å². The van der Waals surface area contributed by atoms with E-state index in [0.717, 1.165) is 12.8 Å². The zero-order valence-electron chi connectivity index (χ0n) is 10.7. The minimum absolute atomic E-state index is 0.174. The highest BCUT2D eigenvalue weighted by Crippen LogP contribution is 2.48. The summed E-state index contributed by atoms with van der Waals surface area (Å²) in [6.07, 6.45) is 1.47. The average Bonchev–Trinajstić information content (AvgIpc) is 2.88. The lowest BCUT2D eigenvalue weighted by Gasteiger charge is -2.11. The van der Waals surface area contributed by atoms with E-state index in [2.05, 4.69) is 10.1 Å². The van der Waals surface area contributed by atoms with Gasteiger partial charge in [-0.25, -0.2) is 0 Å². The summed E-state index contributed by atoms with van der Waals surface area (Å²) in [5.74, 6) is 0.785. The predicted octanol–water partition coefficient (Wildman–Crippen LogP) is 1.96. The third kappa shape index (κ3) is 2.06. The van der Waals surface area contributed by atoms with E-state index in [-0.39, 0.29) is 11.4 Å². The molecule has 0 aliphatic heterocycles. The van der Waals surface area contributed by atoms with Crippen molar-refractivity contribution in [2.24, 2.45) is 0 Å². The quantitative estimate of drug-likeness (QED) is 0.753. The third-order valence-electron chi connectivity index (χ3n) is 2.92. The molecule has 0 saturated heterocycles. The van der Waals surface area contributed by atoms with Crippen LogP contribution in [-0.4, -0.2) is 22.7 Å². The number of nitrogens with zero attached hydrogens (tertiary/aromatic N) is 2. The summed E-state index contributed by atoms with van der Waals surface area (Å²) in [4.78, 5) is 16.2. The van der Waals surface area contributed by atoms with Crippen molar-refractivity contribution in [3.8, 4) is 0 Å². The fraction of sp³-hybridized carbons (Fsp3) is 0.750. The van der Waals surface area contributed by atoms with E-state index in [1.807, 2.05) is 20.8 Å². The Morgan fingerprint density at radius 1 is 1.47 bits per heavy atom. The molecular formula is C12H18N2O3. The van der Waals surface area contributed by atoms with Gasteiger partial charge in [-0.1, -0.05) is 25.9 Å². The van der Waals surface area contributed by atoms with Gasteiger partial charge in [0, 0.05) is 5.41 Å². The normalized spacial score (nSPS) is 17.9. The van der Waals surface area contributed by atoms with Crippen LogP contribution in [0.5, 0.6) is 0 Å². The second kappa shape index (κ2) is 3.82. The molecule has 0 spiro atoms. The monoisotopic (exact) mass is 238 g/mol. The van der Waals surface area contributed by atoms with Crippen LogP contribution in [0, 0.1) is 0 Å². The number of rotatable bonds is 3. The molecule has 1 aromatic rings. The van der Waals surface area contributed by atoms with E-state index in [1.165, 1.54) is 0 Å². The first-order chi connectivity index (χ1) is 7.90. The van der Waals surface area contributed by atoms with Crippen molar-refractivity contribution in [2.75, 3.05) is 6.61 Å². The van der Waals surface area contributed by atoms with Crippen molar-refractivity contribution in [1.82, 2.24) is 10.1 Å². The van der Waals surface area contributed by atoms with Gasteiger partial charge < -0.3 is 9.26 Å². The van der Waals surface area contributed by atoms with Crippen molar-refractivity contribution in [3.63, 3.8) is 0 Å².